The van der Waals surface area contributed by atoms with E-state index in [9.17, 15) is 0 Å². The predicted octanol–water partition coefficient (Wildman–Crippen LogP) is 3.26. The van der Waals surface area contributed by atoms with Crippen LogP contribution in [-0.4, -0.2) is 9.52 Å². The van der Waals surface area contributed by atoms with Crippen LogP contribution < -0.4 is 5.19 Å². The van der Waals surface area contributed by atoms with E-state index in [4.69, 9.17) is 0 Å². The fourth-order valence-corrected chi connectivity index (χ4v) is 4.24. The summed E-state index contributed by atoms with van der Waals surface area (Å²) in [6.45, 7) is 4.89. The molecule has 1 aromatic rings. The Morgan fingerprint density at radius 2 is 2.00 bits per heavy atom. The molecule has 0 bridgehead atoms. The monoisotopic (exact) mass is 216 g/mol. The van der Waals surface area contributed by atoms with E-state index in [-0.39, 0.29) is 0 Å². The van der Waals surface area contributed by atoms with Gasteiger partial charge >= 0.3 is 0 Å². The summed E-state index contributed by atoms with van der Waals surface area (Å²) in [5.74, 6) is 0.955. The lowest BCUT2D eigenvalue weighted by atomic mass is 9.83. The van der Waals surface area contributed by atoms with Crippen LogP contribution in [0.15, 0.2) is 30.3 Å². The molecule has 15 heavy (non-hydrogen) atoms. The van der Waals surface area contributed by atoms with Crippen molar-refractivity contribution >= 4 is 14.7 Å². The smallest absolute Gasteiger partial charge is 0.0642 e. The van der Waals surface area contributed by atoms with Gasteiger partial charge in [-0.3, -0.25) is 0 Å². The highest BCUT2D eigenvalue weighted by Crippen LogP contribution is 2.44. The number of hydrogen-bond acceptors (Lipinski definition) is 0. The third kappa shape index (κ3) is 2.72. The maximum atomic E-state index is 2.44. The molecular formula is C14H20Si. The molecule has 1 atom stereocenters. The van der Waals surface area contributed by atoms with Crippen LogP contribution in [0.25, 0.3) is 0 Å². The third-order valence-electron chi connectivity index (χ3n) is 3.81. The zero-order valence-electron chi connectivity index (χ0n) is 9.79. The lowest BCUT2D eigenvalue weighted by molar-refractivity contribution is 0.280. The summed E-state index contributed by atoms with van der Waals surface area (Å²) in [5.41, 5.74) is 0.599. The van der Waals surface area contributed by atoms with Crippen LogP contribution in [0.4, 0.5) is 0 Å². The zero-order valence-corrected chi connectivity index (χ0v) is 10.8. The van der Waals surface area contributed by atoms with Crippen molar-refractivity contribution in [2.24, 2.45) is 11.3 Å². The molecule has 0 spiro atoms. The van der Waals surface area contributed by atoms with E-state index >= 15 is 0 Å². The Bertz CT molecular complexity index is 302. The molecule has 80 valence electrons. The summed E-state index contributed by atoms with van der Waals surface area (Å²) in [4.78, 5) is 0. The van der Waals surface area contributed by atoms with Crippen molar-refractivity contribution in [3.05, 3.63) is 30.3 Å². The predicted molar refractivity (Wildman–Crippen MR) is 67.8 cm³/mol. The largest absolute Gasteiger partial charge is 0.0810 e. The van der Waals surface area contributed by atoms with Gasteiger partial charge < -0.3 is 0 Å². The molecule has 1 aromatic carbocycles. The van der Waals surface area contributed by atoms with Gasteiger partial charge in [-0.25, -0.2) is 0 Å². The van der Waals surface area contributed by atoms with Crippen LogP contribution in [0, 0.1) is 11.3 Å². The normalized spacial score (nSPS) is 24.3. The second kappa shape index (κ2) is 4.52. The SMILES string of the molecule is CC1(C)CCCC1C[Si]c1ccccc1. The number of benzene rings is 1. The quantitative estimate of drug-likeness (QED) is 0.680. The van der Waals surface area contributed by atoms with Crippen LogP contribution in [0.2, 0.25) is 6.04 Å². The highest BCUT2D eigenvalue weighted by atomic mass is 28.2. The highest BCUT2D eigenvalue weighted by Gasteiger charge is 2.33. The molecule has 0 N–H and O–H groups in total. The first-order valence-corrected chi connectivity index (χ1v) is 7.18. The molecular weight excluding hydrogens is 196 g/mol. The fourth-order valence-electron chi connectivity index (χ4n) is 2.57. The van der Waals surface area contributed by atoms with Gasteiger partial charge in [0.25, 0.3) is 0 Å². The molecule has 0 heterocycles. The Labute approximate surface area is 95.9 Å². The molecule has 1 fully saturated rings. The molecule has 0 aromatic heterocycles. The minimum Gasteiger partial charge on any atom is -0.0642 e. The van der Waals surface area contributed by atoms with Gasteiger partial charge in [0.1, 0.15) is 0 Å². The molecule has 0 saturated heterocycles. The Morgan fingerprint density at radius 3 is 2.60 bits per heavy atom. The first-order chi connectivity index (χ1) is 7.18. The van der Waals surface area contributed by atoms with Crippen molar-refractivity contribution in [3.8, 4) is 0 Å². The zero-order chi connectivity index (χ0) is 10.7. The van der Waals surface area contributed by atoms with Crippen molar-refractivity contribution in [1.82, 2.24) is 0 Å². The topological polar surface area (TPSA) is 0 Å². The summed E-state index contributed by atoms with van der Waals surface area (Å²) in [5, 5.41) is 1.53. The summed E-state index contributed by atoms with van der Waals surface area (Å²) >= 11 is 0. The van der Waals surface area contributed by atoms with Gasteiger partial charge in [0.2, 0.25) is 0 Å². The first kappa shape index (κ1) is 10.9. The Balaban J connectivity index is 1.89. The summed E-state index contributed by atoms with van der Waals surface area (Å²) in [6.07, 6.45) is 4.32. The summed E-state index contributed by atoms with van der Waals surface area (Å²) in [7, 11) is 1.01. The highest BCUT2D eigenvalue weighted by molar-refractivity contribution is 6.53. The van der Waals surface area contributed by atoms with Crippen LogP contribution in [0.3, 0.4) is 0 Å². The molecule has 1 aliphatic carbocycles. The Hall–Kier alpha value is -0.563. The molecule has 1 aliphatic rings. The standard InChI is InChI=1S/C14H20Si/c1-14(2)10-6-7-12(14)11-15-13-8-4-3-5-9-13/h3-5,8-9,12H,6-7,10-11H2,1-2H3. The molecule has 2 rings (SSSR count). The summed E-state index contributed by atoms with van der Waals surface area (Å²) < 4.78 is 0. The van der Waals surface area contributed by atoms with Gasteiger partial charge in [0.15, 0.2) is 0 Å². The molecule has 2 radical (unpaired) electrons. The second-order valence-corrected chi connectivity index (χ2v) is 6.66. The molecule has 0 nitrogen and oxygen atoms in total. The fraction of sp³-hybridized carbons (Fsp3) is 0.571. The van der Waals surface area contributed by atoms with Gasteiger partial charge in [-0.1, -0.05) is 68.3 Å². The van der Waals surface area contributed by atoms with E-state index in [1.54, 1.807) is 0 Å². The van der Waals surface area contributed by atoms with E-state index in [0.29, 0.717) is 5.41 Å². The van der Waals surface area contributed by atoms with Crippen LogP contribution in [-0.2, 0) is 0 Å². The second-order valence-electron chi connectivity index (χ2n) is 5.32. The average Bonchev–Trinajstić information content (AvgIpc) is 2.56. The minimum absolute atomic E-state index is 0.599. The maximum Gasteiger partial charge on any atom is 0.0810 e. The average molecular weight is 216 g/mol. The maximum absolute atomic E-state index is 2.44. The first-order valence-electron chi connectivity index (χ1n) is 5.97. The van der Waals surface area contributed by atoms with Crippen LogP contribution >= 0.6 is 0 Å². The van der Waals surface area contributed by atoms with Crippen molar-refractivity contribution in [2.45, 2.75) is 39.2 Å². The van der Waals surface area contributed by atoms with E-state index in [1.807, 2.05) is 0 Å². The van der Waals surface area contributed by atoms with Crippen LogP contribution in [0.1, 0.15) is 33.1 Å². The molecule has 0 aliphatic heterocycles. The third-order valence-corrected chi connectivity index (χ3v) is 5.24. The van der Waals surface area contributed by atoms with Crippen molar-refractivity contribution < 1.29 is 0 Å². The van der Waals surface area contributed by atoms with Gasteiger partial charge in [0, 0.05) is 0 Å². The van der Waals surface area contributed by atoms with E-state index in [2.05, 4.69) is 44.2 Å². The van der Waals surface area contributed by atoms with Crippen molar-refractivity contribution in [2.75, 3.05) is 0 Å². The number of hydrogen-bond donors (Lipinski definition) is 0. The lowest BCUT2D eigenvalue weighted by Crippen LogP contribution is -2.23. The van der Waals surface area contributed by atoms with Crippen molar-refractivity contribution in [3.63, 3.8) is 0 Å². The van der Waals surface area contributed by atoms with Gasteiger partial charge in [0.05, 0.1) is 9.52 Å². The van der Waals surface area contributed by atoms with E-state index in [0.717, 1.165) is 15.4 Å². The van der Waals surface area contributed by atoms with Gasteiger partial charge in [-0.05, 0) is 17.8 Å². The van der Waals surface area contributed by atoms with E-state index < -0.39 is 0 Å². The van der Waals surface area contributed by atoms with E-state index in [1.165, 1.54) is 30.5 Å². The van der Waals surface area contributed by atoms with Gasteiger partial charge in [-0.15, -0.1) is 0 Å². The number of rotatable bonds is 3. The molecule has 1 saturated carbocycles. The molecule has 1 unspecified atom stereocenters. The van der Waals surface area contributed by atoms with Crippen LogP contribution in [0.5, 0.6) is 0 Å². The lowest BCUT2D eigenvalue weighted by Gasteiger charge is -2.26. The van der Waals surface area contributed by atoms with Gasteiger partial charge in [-0.2, -0.15) is 0 Å². The summed E-state index contributed by atoms with van der Waals surface area (Å²) in [6, 6.07) is 12.3. The Kier molecular flexibility index (Phi) is 3.30. The molecule has 0 amide bonds. The molecule has 1 heteroatoms. The Morgan fingerprint density at radius 1 is 1.27 bits per heavy atom. The minimum atomic E-state index is 0.599. The van der Waals surface area contributed by atoms with Crippen molar-refractivity contribution in [1.29, 1.82) is 0 Å².